The van der Waals surface area contributed by atoms with Crippen LogP contribution in [-0.4, -0.2) is 0 Å². The minimum atomic E-state index is -0.425. The zero-order chi connectivity index (χ0) is 39.9. The Kier molecular flexibility index (Phi) is 5.83. The van der Waals surface area contributed by atoms with Gasteiger partial charge in [-0.15, -0.1) is 0 Å². The van der Waals surface area contributed by atoms with Gasteiger partial charge in [0.25, 0.3) is 0 Å². The molecule has 0 bridgehead atoms. The molecule has 0 radical (unpaired) electrons. The van der Waals surface area contributed by atoms with Gasteiger partial charge in [-0.25, -0.2) is 0 Å². The summed E-state index contributed by atoms with van der Waals surface area (Å²) in [5.74, 6) is 0. The van der Waals surface area contributed by atoms with Crippen LogP contribution < -0.4 is 4.90 Å². The lowest BCUT2D eigenvalue weighted by Gasteiger charge is -2.28. The molecule has 11 rings (SSSR count). The van der Waals surface area contributed by atoms with Crippen LogP contribution in [0.15, 0.2) is 204 Å². The van der Waals surface area contributed by atoms with Crippen LogP contribution in [0.2, 0.25) is 0 Å². The Balaban J connectivity index is 1.23. The minimum Gasteiger partial charge on any atom is -0.455 e. The van der Waals surface area contributed by atoms with Crippen molar-refractivity contribution in [1.29, 1.82) is 0 Å². The molecule has 0 aliphatic heterocycles. The van der Waals surface area contributed by atoms with Crippen molar-refractivity contribution in [3.05, 3.63) is 200 Å². The first kappa shape index (κ1) is 25.7. The monoisotopic (exact) mass is 692 g/mol. The third-order valence-electron chi connectivity index (χ3n) is 10.7. The van der Waals surface area contributed by atoms with Crippen molar-refractivity contribution in [2.45, 2.75) is 0 Å². The van der Waals surface area contributed by atoms with E-state index >= 15 is 0 Å². The number of furan rings is 1. The van der Waals surface area contributed by atoms with Gasteiger partial charge in [0.15, 0.2) is 0 Å². The van der Waals surface area contributed by atoms with Crippen LogP contribution >= 0.6 is 0 Å². The molecule has 54 heavy (non-hydrogen) atoms. The molecule has 10 aromatic carbocycles. The van der Waals surface area contributed by atoms with E-state index in [1.807, 2.05) is 48.5 Å². The molecule has 0 fully saturated rings. The largest absolute Gasteiger partial charge is 0.455 e. The van der Waals surface area contributed by atoms with Crippen LogP contribution in [0.3, 0.4) is 0 Å². The number of rotatable bonds is 5. The summed E-state index contributed by atoms with van der Waals surface area (Å²) in [5, 5.41) is 10.4. The average Bonchev–Trinajstić information content (AvgIpc) is 3.68. The third-order valence-corrected chi connectivity index (χ3v) is 10.7. The summed E-state index contributed by atoms with van der Waals surface area (Å²) in [7, 11) is 0. The van der Waals surface area contributed by atoms with Crippen molar-refractivity contribution in [3.8, 4) is 22.3 Å². The van der Waals surface area contributed by atoms with Gasteiger partial charge in [-0.05, 0) is 91.0 Å². The second-order valence-corrected chi connectivity index (χ2v) is 13.7. The van der Waals surface area contributed by atoms with E-state index in [0.29, 0.717) is 22.1 Å². The van der Waals surface area contributed by atoms with Crippen molar-refractivity contribution in [2.75, 3.05) is 4.90 Å². The molecule has 0 aliphatic carbocycles. The Hall–Kier alpha value is -7.16. The maximum atomic E-state index is 8.92. The molecule has 0 N–H and O–H groups in total. The zero-order valence-corrected chi connectivity index (χ0v) is 29.0. The highest BCUT2D eigenvalue weighted by Crippen LogP contribution is 2.47. The number of hydrogen-bond donors (Lipinski definition) is 0. The van der Waals surface area contributed by atoms with Crippen molar-refractivity contribution in [2.24, 2.45) is 0 Å². The standard InChI is InChI=1S/C52H33NO/c1-3-14-34(15-4-1)35-26-28-37(29-27-35)53(38-30-31-44-42-20-8-7-18-40(42)41-19-9-10-21-43(41)47(44)32-38)49-33-48-51-39(36-16-5-2-6-17-36)24-13-25-50(51)54-52(48)46-23-12-11-22-45(46)49/h1-33H/i2D,5D,6D,16D,17D. The summed E-state index contributed by atoms with van der Waals surface area (Å²) in [6, 6.07) is 57.1. The fraction of sp³-hybridized carbons (Fsp3) is 0. The second-order valence-electron chi connectivity index (χ2n) is 13.7. The molecule has 1 heterocycles. The number of fused-ring (bicyclic) bond motifs is 11. The molecular weight excluding hydrogens is 655 g/mol. The van der Waals surface area contributed by atoms with E-state index in [9.17, 15) is 0 Å². The van der Waals surface area contributed by atoms with Gasteiger partial charge in [-0.3, -0.25) is 0 Å². The molecule has 0 aliphatic rings. The highest BCUT2D eigenvalue weighted by atomic mass is 16.3. The normalized spacial score (nSPS) is 13.0. The summed E-state index contributed by atoms with van der Waals surface area (Å²) in [4.78, 5) is 2.30. The third kappa shape index (κ3) is 4.74. The van der Waals surface area contributed by atoms with Gasteiger partial charge in [0.05, 0.1) is 12.5 Å². The molecule has 0 spiro atoms. The number of benzene rings is 10. The van der Waals surface area contributed by atoms with Crippen LogP contribution in [0.5, 0.6) is 0 Å². The SMILES string of the molecule is [2H]c1c([2H])c([2H])c(-c2cccc3oc4c5ccccc5c(N(c5ccc(-c6ccccc6)cc5)c5ccc6c7ccccc7c7ccccc7c6c5)cc4c23)c([2H])c1[2H]. The summed E-state index contributed by atoms with van der Waals surface area (Å²) in [5.41, 5.74) is 6.95. The highest BCUT2D eigenvalue weighted by Gasteiger charge is 2.22. The molecule has 0 atom stereocenters. The smallest absolute Gasteiger partial charge is 0.143 e. The maximum absolute atomic E-state index is 8.92. The van der Waals surface area contributed by atoms with Crippen molar-refractivity contribution < 1.29 is 11.3 Å². The van der Waals surface area contributed by atoms with E-state index in [1.54, 1.807) is 0 Å². The van der Waals surface area contributed by atoms with E-state index in [1.165, 1.54) is 26.9 Å². The molecular formula is C52H33NO. The van der Waals surface area contributed by atoms with Gasteiger partial charge in [0.1, 0.15) is 11.2 Å². The fourth-order valence-electron chi connectivity index (χ4n) is 8.30. The Morgan fingerprint density at radius 2 is 0.963 bits per heavy atom. The topological polar surface area (TPSA) is 16.4 Å². The maximum Gasteiger partial charge on any atom is 0.143 e. The van der Waals surface area contributed by atoms with Crippen molar-refractivity contribution in [1.82, 2.24) is 0 Å². The summed E-state index contributed by atoms with van der Waals surface area (Å²) >= 11 is 0. The molecule has 11 aromatic rings. The summed E-state index contributed by atoms with van der Waals surface area (Å²) < 4.78 is 49.8. The Labute approximate surface area is 319 Å². The molecule has 0 saturated heterocycles. The van der Waals surface area contributed by atoms with Gasteiger partial charge in [0, 0.05) is 32.9 Å². The highest BCUT2D eigenvalue weighted by molar-refractivity contribution is 6.26. The molecule has 2 heteroatoms. The summed E-state index contributed by atoms with van der Waals surface area (Å²) in [6.45, 7) is 0. The van der Waals surface area contributed by atoms with Crippen molar-refractivity contribution in [3.63, 3.8) is 0 Å². The zero-order valence-electron chi connectivity index (χ0n) is 34.0. The predicted octanol–water partition coefficient (Wildman–Crippen LogP) is 15.0. The van der Waals surface area contributed by atoms with E-state index in [-0.39, 0.29) is 29.7 Å². The lowest BCUT2D eigenvalue weighted by atomic mass is 9.93. The molecule has 252 valence electrons. The van der Waals surface area contributed by atoms with Crippen LogP contribution in [0.1, 0.15) is 6.85 Å². The average molecular weight is 693 g/mol. The van der Waals surface area contributed by atoms with E-state index in [4.69, 9.17) is 11.3 Å². The van der Waals surface area contributed by atoms with E-state index in [2.05, 4.69) is 126 Å². The van der Waals surface area contributed by atoms with Crippen molar-refractivity contribution >= 4 is 82.1 Å². The van der Waals surface area contributed by atoms with Crippen LogP contribution in [0.25, 0.3) is 87.3 Å². The summed E-state index contributed by atoms with van der Waals surface area (Å²) in [6.07, 6.45) is 0. The number of hydrogen-bond acceptors (Lipinski definition) is 2. The molecule has 0 saturated carbocycles. The molecule has 0 unspecified atom stereocenters. The number of anilines is 3. The lowest BCUT2D eigenvalue weighted by molar-refractivity contribution is 0.673. The van der Waals surface area contributed by atoms with Gasteiger partial charge in [0.2, 0.25) is 0 Å². The predicted molar refractivity (Wildman–Crippen MR) is 229 cm³/mol. The quantitative estimate of drug-likeness (QED) is 0.167. The lowest BCUT2D eigenvalue weighted by Crippen LogP contribution is -2.10. The first-order chi connectivity index (χ1) is 28.9. The Morgan fingerprint density at radius 3 is 1.67 bits per heavy atom. The molecule has 2 nitrogen and oxygen atoms in total. The Morgan fingerprint density at radius 1 is 0.389 bits per heavy atom. The Bertz CT molecular complexity index is 3440. The number of nitrogens with zero attached hydrogens (tertiary/aromatic N) is 1. The second kappa shape index (κ2) is 12.2. The van der Waals surface area contributed by atoms with E-state index in [0.717, 1.165) is 49.7 Å². The van der Waals surface area contributed by atoms with Crippen LogP contribution in [-0.2, 0) is 0 Å². The van der Waals surface area contributed by atoms with Crippen LogP contribution in [0.4, 0.5) is 17.1 Å². The van der Waals surface area contributed by atoms with Gasteiger partial charge < -0.3 is 9.32 Å². The first-order valence-electron chi connectivity index (χ1n) is 20.6. The minimum absolute atomic E-state index is 0.140. The van der Waals surface area contributed by atoms with Crippen LogP contribution in [0, 0.1) is 0 Å². The van der Waals surface area contributed by atoms with Gasteiger partial charge in [-0.2, -0.15) is 0 Å². The molecule has 1 aromatic heterocycles. The van der Waals surface area contributed by atoms with E-state index < -0.39 is 6.04 Å². The van der Waals surface area contributed by atoms with Gasteiger partial charge >= 0.3 is 0 Å². The first-order valence-corrected chi connectivity index (χ1v) is 18.1. The molecule has 0 amide bonds. The fourth-order valence-corrected chi connectivity index (χ4v) is 8.30. The van der Waals surface area contributed by atoms with Gasteiger partial charge in [-0.1, -0.05) is 164 Å².